The van der Waals surface area contributed by atoms with Crippen LogP contribution >= 0.6 is 0 Å². The molecule has 5 atom stereocenters. The first kappa shape index (κ1) is 27.7. The van der Waals surface area contributed by atoms with Crippen molar-refractivity contribution in [1.29, 1.82) is 0 Å². The van der Waals surface area contributed by atoms with Crippen LogP contribution < -0.4 is 0 Å². The van der Waals surface area contributed by atoms with Crippen LogP contribution in [-0.2, 0) is 19.8 Å². The zero-order valence-electron chi connectivity index (χ0n) is 21.7. The fourth-order valence-electron chi connectivity index (χ4n) is 4.65. The van der Waals surface area contributed by atoms with Gasteiger partial charge in [0.25, 0.3) is 0 Å². The van der Waals surface area contributed by atoms with Gasteiger partial charge in [-0.3, -0.25) is 0 Å². The molecule has 37 heavy (non-hydrogen) atoms. The van der Waals surface area contributed by atoms with Crippen molar-refractivity contribution in [3.63, 3.8) is 0 Å². The van der Waals surface area contributed by atoms with Gasteiger partial charge in [-0.15, -0.1) is 0 Å². The topological polar surface area (TPSA) is 88.4 Å². The van der Waals surface area contributed by atoms with Gasteiger partial charge in [0.05, 0.1) is 6.61 Å². The molecular weight excluding hydrogens is 484 g/mol. The number of aliphatic hydroxyl groups excluding tert-OH is 3. The normalized spacial score (nSPS) is 24.6. The Morgan fingerprint density at radius 2 is 1.16 bits per heavy atom. The molecule has 0 spiro atoms. The van der Waals surface area contributed by atoms with Gasteiger partial charge in [0.1, 0.15) is 30.0 Å². The molecule has 4 rings (SSSR count). The molecule has 1 aliphatic heterocycles. The van der Waals surface area contributed by atoms with Crippen molar-refractivity contribution in [1.82, 2.24) is 0 Å². The van der Waals surface area contributed by atoms with E-state index in [9.17, 15) is 15.3 Å². The summed E-state index contributed by atoms with van der Waals surface area (Å²) >= 11 is 0. The van der Waals surface area contributed by atoms with Gasteiger partial charge in [-0.25, -0.2) is 0 Å². The van der Waals surface area contributed by atoms with Crippen molar-refractivity contribution in [2.24, 2.45) is 0 Å². The Kier molecular flexibility index (Phi) is 8.97. The number of rotatable bonds is 10. The van der Waals surface area contributed by atoms with Crippen molar-refractivity contribution >= 4 is 8.07 Å². The molecule has 198 valence electrons. The van der Waals surface area contributed by atoms with Crippen LogP contribution in [0.3, 0.4) is 0 Å². The highest BCUT2D eigenvalue weighted by molar-refractivity contribution is 6.76. The number of aliphatic hydroxyl groups is 3. The monoisotopic (exact) mass is 522 g/mol. The molecule has 7 heteroatoms. The second-order valence-electron chi connectivity index (χ2n) is 10.8. The summed E-state index contributed by atoms with van der Waals surface area (Å²) in [6.45, 7) is 7.08. The fourth-order valence-corrected chi connectivity index (χ4v) is 5.38. The van der Waals surface area contributed by atoms with Crippen molar-refractivity contribution in [3.05, 3.63) is 108 Å². The van der Waals surface area contributed by atoms with Gasteiger partial charge in [-0.2, -0.15) is 0 Å². The van der Waals surface area contributed by atoms with Crippen LogP contribution in [0.1, 0.15) is 16.7 Å². The Bertz CT molecular complexity index is 993. The Morgan fingerprint density at radius 1 is 0.703 bits per heavy atom. The lowest BCUT2D eigenvalue weighted by Crippen LogP contribution is -2.59. The van der Waals surface area contributed by atoms with E-state index in [1.165, 1.54) is 0 Å². The van der Waals surface area contributed by atoms with E-state index in [0.29, 0.717) is 6.61 Å². The summed E-state index contributed by atoms with van der Waals surface area (Å²) in [4.78, 5) is 0. The predicted octanol–water partition coefficient (Wildman–Crippen LogP) is 4.16. The van der Waals surface area contributed by atoms with E-state index in [0.717, 1.165) is 22.7 Å². The van der Waals surface area contributed by atoms with Crippen LogP contribution in [0.15, 0.2) is 91.0 Å². The van der Waals surface area contributed by atoms with Gasteiger partial charge in [-0.05, 0) is 22.7 Å². The molecule has 0 aliphatic carbocycles. The average Bonchev–Trinajstić information content (AvgIpc) is 2.91. The summed E-state index contributed by atoms with van der Waals surface area (Å²) in [5, 5.41) is 32.0. The summed E-state index contributed by atoms with van der Waals surface area (Å²) in [7, 11) is -1.36. The number of benzene rings is 3. The highest BCUT2D eigenvalue weighted by atomic mass is 28.3. The highest BCUT2D eigenvalue weighted by Crippen LogP contribution is 2.41. The number of ether oxygens (including phenoxy) is 3. The zero-order valence-corrected chi connectivity index (χ0v) is 22.7. The fraction of sp³-hybridized carbons (Fsp3) is 0.400. The van der Waals surface area contributed by atoms with Crippen molar-refractivity contribution in [2.75, 3.05) is 13.2 Å². The van der Waals surface area contributed by atoms with Gasteiger partial charge in [0.15, 0.2) is 6.29 Å². The summed E-state index contributed by atoms with van der Waals surface area (Å²) in [6, 6.07) is 30.6. The minimum atomic E-state index is -1.42. The zero-order chi connectivity index (χ0) is 26.5. The smallest absolute Gasteiger partial charge is 0.186 e. The molecule has 0 unspecified atom stereocenters. The summed E-state index contributed by atoms with van der Waals surface area (Å²) in [6.07, 6.45) is -6.07. The largest absolute Gasteiger partial charge is 0.387 e. The van der Waals surface area contributed by atoms with Crippen molar-refractivity contribution in [3.8, 4) is 0 Å². The first-order valence-corrected chi connectivity index (χ1v) is 16.5. The lowest BCUT2D eigenvalue weighted by Gasteiger charge is -2.42. The highest BCUT2D eigenvalue weighted by Gasteiger charge is 2.46. The third-order valence-corrected chi connectivity index (χ3v) is 8.51. The Labute approximate surface area is 220 Å². The molecule has 0 amide bonds. The molecule has 3 aromatic carbocycles. The summed E-state index contributed by atoms with van der Waals surface area (Å²) in [5.74, 6) is 0. The second-order valence-corrected chi connectivity index (χ2v) is 16.4. The van der Waals surface area contributed by atoms with E-state index in [-0.39, 0.29) is 6.61 Å². The third kappa shape index (κ3) is 6.38. The van der Waals surface area contributed by atoms with E-state index in [2.05, 4.69) is 19.6 Å². The van der Waals surface area contributed by atoms with Crippen LogP contribution in [-0.4, -0.2) is 67.3 Å². The van der Waals surface area contributed by atoms with Gasteiger partial charge < -0.3 is 29.5 Å². The molecule has 1 saturated heterocycles. The van der Waals surface area contributed by atoms with E-state index in [4.69, 9.17) is 14.2 Å². The minimum absolute atomic E-state index is 0.0441. The van der Waals surface area contributed by atoms with Crippen molar-refractivity contribution in [2.45, 2.75) is 62.0 Å². The van der Waals surface area contributed by atoms with Gasteiger partial charge in [-0.1, -0.05) is 111 Å². The molecule has 0 saturated carbocycles. The lowest BCUT2D eigenvalue weighted by atomic mass is 9.80. The molecule has 0 bridgehead atoms. The average molecular weight is 523 g/mol. The molecule has 1 heterocycles. The van der Waals surface area contributed by atoms with E-state index < -0.39 is 44.4 Å². The van der Waals surface area contributed by atoms with Crippen LogP contribution in [0.25, 0.3) is 0 Å². The lowest BCUT2D eigenvalue weighted by molar-refractivity contribution is -0.304. The number of hydrogen-bond acceptors (Lipinski definition) is 6. The Balaban J connectivity index is 1.65. The molecule has 3 N–H and O–H groups in total. The molecular formula is C30H38O6Si. The molecule has 3 aromatic rings. The Hall–Kier alpha value is -2.36. The molecule has 6 nitrogen and oxygen atoms in total. The predicted molar refractivity (Wildman–Crippen MR) is 146 cm³/mol. The minimum Gasteiger partial charge on any atom is -0.387 e. The quantitative estimate of drug-likeness (QED) is 0.274. The SMILES string of the molecule is C[Si](C)(C)CCO[C@H]1O[C@H](COC(c2ccccc2)(c2ccccc2)c2ccccc2)[C@@H](O)[C@H](O)[C@@H]1O. The van der Waals surface area contributed by atoms with Crippen molar-refractivity contribution < 1.29 is 29.5 Å². The third-order valence-electron chi connectivity index (χ3n) is 6.81. The Morgan fingerprint density at radius 3 is 1.59 bits per heavy atom. The molecule has 1 aliphatic rings. The van der Waals surface area contributed by atoms with Crippen LogP contribution in [0.2, 0.25) is 25.7 Å². The van der Waals surface area contributed by atoms with E-state index in [1.54, 1.807) is 0 Å². The maximum absolute atomic E-state index is 10.8. The standard InChI is InChI=1S/C30H38O6Si/c1-37(2,3)20-19-34-29-28(33)27(32)26(31)25(36-29)21-35-30(22-13-7-4-8-14-22,23-15-9-5-10-16-23)24-17-11-6-12-18-24/h4-18,25-29,31-33H,19-21H2,1-3H3/t25-,26-,27+,28+,29+/m1/s1. The summed E-state index contributed by atoms with van der Waals surface area (Å²) in [5.41, 5.74) is 1.76. The van der Waals surface area contributed by atoms with Gasteiger partial charge >= 0.3 is 0 Å². The number of hydrogen-bond donors (Lipinski definition) is 3. The first-order valence-electron chi connectivity index (χ1n) is 12.8. The van der Waals surface area contributed by atoms with Crippen LogP contribution in [0.5, 0.6) is 0 Å². The van der Waals surface area contributed by atoms with Crippen LogP contribution in [0.4, 0.5) is 0 Å². The van der Waals surface area contributed by atoms with Crippen LogP contribution in [0, 0.1) is 0 Å². The molecule has 0 radical (unpaired) electrons. The maximum atomic E-state index is 10.8. The molecule has 0 aromatic heterocycles. The summed E-state index contributed by atoms with van der Waals surface area (Å²) < 4.78 is 18.6. The maximum Gasteiger partial charge on any atom is 0.186 e. The van der Waals surface area contributed by atoms with Gasteiger partial charge in [0.2, 0.25) is 0 Å². The second kappa shape index (κ2) is 12.0. The van der Waals surface area contributed by atoms with E-state index in [1.807, 2.05) is 91.0 Å². The molecule has 1 fully saturated rings. The first-order chi connectivity index (χ1) is 17.7. The van der Waals surface area contributed by atoms with Gasteiger partial charge in [0, 0.05) is 14.7 Å². The van der Waals surface area contributed by atoms with E-state index >= 15 is 0 Å².